The Morgan fingerprint density at radius 3 is 0.885 bits per heavy atom. The van der Waals surface area contributed by atoms with E-state index in [4.69, 9.17) is 10.1 Å². The van der Waals surface area contributed by atoms with Gasteiger partial charge in [0.2, 0.25) is 5.92 Å². The van der Waals surface area contributed by atoms with Crippen LogP contribution in [0.3, 0.4) is 0 Å². The number of nitrogens with zero attached hydrogens (tertiary/aromatic N) is 1. The molecule has 0 heterocycles. The number of ether oxygens (including phenoxy) is 1. The normalized spacial score (nSPS) is 7.27. The van der Waals surface area contributed by atoms with Gasteiger partial charge < -0.3 is 4.74 Å². The number of alkyl halides is 2. The third-order valence-electron chi connectivity index (χ3n) is 0. The standard InChI is InChI=1S/C5H12.C3H6F2.C3H4.C2H6O.3C2H6.CH3NO2/c1-5(2,3)4;1-3(2,4)5;2*1-3-2;3*1-2;1-2(3)4/h1-4H3;1-2H3;1H,2H3;1-2H3;3*1-2H3;1H3. The highest BCUT2D eigenvalue weighted by Crippen LogP contribution is 2.08. The summed E-state index contributed by atoms with van der Waals surface area (Å²) in [6.45, 7) is 24.1. The van der Waals surface area contributed by atoms with Gasteiger partial charge in [0.15, 0.2) is 7.05 Å². The molecule has 0 aliphatic rings. The van der Waals surface area contributed by atoms with Gasteiger partial charge in [-0.25, -0.2) is 8.78 Å². The van der Waals surface area contributed by atoms with E-state index >= 15 is 0 Å². The van der Waals surface area contributed by atoms with Crippen LogP contribution in [0.15, 0.2) is 0 Å². The molecule has 0 fully saturated rings. The number of hydrogen-bond donors (Lipinski definition) is 0. The first-order valence-corrected chi connectivity index (χ1v) is 8.80. The zero-order valence-electron chi connectivity index (χ0n) is 20.5. The molecular formula is C20H49F2NO3. The lowest BCUT2D eigenvalue weighted by molar-refractivity contribution is -0.445. The Bertz CT molecular complexity index is 201. The van der Waals surface area contributed by atoms with Gasteiger partial charge in [0.1, 0.15) is 0 Å². The van der Waals surface area contributed by atoms with Gasteiger partial charge in [-0.3, -0.25) is 10.1 Å². The number of methoxy groups -OCH3 is 1. The third kappa shape index (κ3) is 7260. The van der Waals surface area contributed by atoms with E-state index in [2.05, 4.69) is 44.8 Å². The van der Waals surface area contributed by atoms with E-state index in [-0.39, 0.29) is 0 Å². The van der Waals surface area contributed by atoms with Gasteiger partial charge in [0.05, 0.1) is 0 Å². The Hall–Kier alpha value is -1.22. The molecule has 0 amide bonds. The zero-order chi connectivity index (χ0) is 24.0. The number of terminal acetylenes is 1. The Labute approximate surface area is 164 Å². The van der Waals surface area contributed by atoms with Crippen molar-refractivity contribution in [2.75, 3.05) is 21.3 Å². The van der Waals surface area contributed by atoms with Crippen LogP contribution in [0.25, 0.3) is 0 Å². The van der Waals surface area contributed by atoms with Gasteiger partial charge in [0, 0.05) is 19.1 Å². The summed E-state index contributed by atoms with van der Waals surface area (Å²) in [6, 6.07) is 0. The van der Waals surface area contributed by atoms with Crippen LogP contribution < -0.4 is 0 Å². The molecule has 0 radical (unpaired) electrons. The monoisotopic (exact) mass is 389 g/mol. The fourth-order valence-electron chi connectivity index (χ4n) is 0. The molecule has 0 saturated heterocycles. The molecular weight excluding hydrogens is 340 g/mol. The van der Waals surface area contributed by atoms with E-state index in [0.29, 0.717) is 5.41 Å². The molecule has 4 nitrogen and oxygen atoms in total. The molecule has 26 heavy (non-hydrogen) atoms. The molecule has 0 spiro atoms. The maximum atomic E-state index is 11.0. The molecule has 0 aliphatic heterocycles. The SMILES string of the molecule is C#CC.CC.CC.CC.CC(C)(C)C.CC(C)(F)F.COC.C[N+](=O)[O-]. The van der Waals surface area contributed by atoms with Crippen molar-refractivity contribution in [3.63, 3.8) is 0 Å². The summed E-state index contributed by atoms with van der Waals surface area (Å²) in [5, 5.41) is 8.81. The first kappa shape index (κ1) is 49.8. The largest absolute Gasteiger partial charge is 0.388 e. The summed E-state index contributed by atoms with van der Waals surface area (Å²) < 4.78 is 26.3. The van der Waals surface area contributed by atoms with Crippen LogP contribution in [0.4, 0.5) is 8.78 Å². The van der Waals surface area contributed by atoms with Crippen molar-refractivity contribution < 1.29 is 18.4 Å². The van der Waals surface area contributed by atoms with Crippen molar-refractivity contribution >= 4 is 0 Å². The van der Waals surface area contributed by atoms with E-state index in [9.17, 15) is 8.78 Å². The molecule has 0 atom stereocenters. The molecule has 6 heteroatoms. The Morgan fingerprint density at radius 2 is 0.885 bits per heavy atom. The zero-order valence-corrected chi connectivity index (χ0v) is 20.5. The first-order valence-electron chi connectivity index (χ1n) is 8.80. The van der Waals surface area contributed by atoms with Crippen LogP contribution in [-0.4, -0.2) is 32.1 Å². The molecule has 0 aromatic rings. The second-order valence-electron chi connectivity index (χ2n) is 5.46. The topological polar surface area (TPSA) is 52.4 Å². The fraction of sp³-hybridized carbons (Fsp3) is 0.900. The lowest BCUT2D eigenvalue weighted by Crippen LogP contribution is -1.98. The molecule has 0 rings (SSSR count). The number of halogens is 2. The fourth-order valence-corrected chi connectivity index (χ4v) is 0. The van der Waals surface area contributed by atoms with Gasteiger partial charge in [-0.15, -0.1) is 12.3 Å². The van der Waals surface area contributed by atoms with Crippen LogP contribution in [0.2, 0.25) is 0 Å². The minimum absolute atomic E-state index is 0.500. The summed E-state index contributed by atoms with van der Waals surface area (Å²) in [4.78, 5) is 8.31. The third-order valence-corrected chi connectivity index (χ3v) is 0. The molecule has 0 saturated carbocycles. The molecule has 0 N–H and O–H groups in total. The van der Waals surface area contributed by atoms with Gasteiger partial charge in [-0.2, -0.15) is 0 Å². The second-order valence-corrected chi connectivity index (χ2v) is 5.46. The van der Waals surface area contributed by atoms with Crippen molar-refractivity contribution in [1.29, 1.82) is 0 Å². The van der Waals surface area contributed by atoms with E-state index in [1.54, 1.807) is 21.1 Å². The molecule has 0 aromatic heterocycles. The van der Waals surface area contributed by atoms with E-state index in [0.717, 1.165) is 20.9 Å². The average Bonchev–Trinajstić information content (AvgIpc) is 2.42. The smallest absolute Gasteiger partial charge is 0.242 e. The molecule has 0 aliphatic carbocycles. The minimum Gasteiger partial charge on any atom is -0.388 e. The predicted octanol–water partition coefficient (Wildman–Crippen LogP) is 7.59. The highest BCUT2D eigenvalue weighted by atomic mass is 19.3. The average molecular weight is 390 g/mol. The van der Waals surface area contributed by atoms with Gasteiger partial charge in [-0.1, -0.05) is 69.2 Å². The van der Waals surface area contributed by atoms with E-state index in [1.807, 2.05) is 41.5 Å². The van der Waals surface area contributed by atoms with Crippen molar-refractivity contribution in [2.24, 2.45) is 5.41 Å². The maximum Gasteiger partial charge on any atom is 0.242 e. The Kier molecular flexibility index (Phi) is 94.9. The summed E-state index contributed by atoms with van der Waals surface area (Å²) >= 11 is 0. The van der Waals surface area contributed by atoms with Crippen LogP contribution in [0.1, 0.15) is 90.0 Å². The summed E-state index contributed by atoms with van der Waals surface area (Å²) in [5.74, 6) is -0.250. The highest BCUT2D eigenvalue weighted by molar-refractivity contribution is 4.73. The lowest BCUT2D eigenvalue weighted by Gasteiger charge is -2.05. The highest BCUT2D eigenvalue weighted by Gasteiger charge is 2.08. The number of hydrogen-bond acceptors (Lipinski definition) is 3. The number of rotatable bonds is 0. The molecule has 166 valence electrons. The van der Waals surface area contributed by atoms with Crippen LogP contribution in [-0.2, 0) is 4.74 Å². The number of nitro groups is 1. The van der Waals surface area contributed by atoms with Gasteiger partial charge in [-0.05, 0) is 26.2 Å². The van der Waals surface area contributed by atoms with Crippen molar-refractivity contribution in [3.05, 3.63) is 10.1 Å². The summed E-state index contributed by atoms with van der Waals surface area (Å²) in [7, 11) is 4.14. The van der Waals surface area contributed by atoms with Gasteiger partial charge >= 0.3 is 0 Å². The first-order chi connectivity index (χ1) is 11.6. The van der Waals surface area contributed by atoms with Gasteiger partial charge in [0.25, 0.3) is 0 Å². The molecule has 0 unspecified atom stereocenters. The molecule has 0 aromatic carbocycles. The predicted molar refractivity (Wildman–Crippen MR) is 116 cm³/mol. The van der Waals surface area contributed by atoms with E-state index in [1.165, 1.54) is 0 Å². The van der Waals surface area contributed by atoms with Crippen LogP contribution in [0.5, 0.6) is 0 Å². The minimum atomic E-state index is -2.50. The van der Waals surface area contributed by atoms with E-state index < -0.39 is 10.8 Å². The Balaban J connectivity index is -0.0000000245. The summed E-state index contributed by atoms with van der Waals surface area (Å²) in [6.07, 6.45) is 4.60. The Morgan fingerprint density at radius 1 is 0.885 bits per heavy atom. The van der Waals surface area contributed by atoms with Crippen LogP contribution >= 0.6 is 0 Å². The van der Waals surface area contributed by atoms with Crippen molar-refractivity contribution in [3.8, 4) is 12.3 Å². The molecule has 0 bridgehead atoms. The second kappa shape index (κ2) is 49.6. The van der Waals surface area contributed by atoms with Crippen LogP contribution in [0, 0.1) is 27.9 Å². The van der Waals surface area contributed by atoms with Crippen molar-refractivity contribution in [1.82, 2.24) is 0 Å². The summed E-state index contributed by atoms with van der Waals surface area (Å²) in [5.41, 5.74) is 0.500. The van der Waals surface area contributed by atoms with Crippen molar-refractivity contribution in [2.45, 2.75) is 95.9 Å². The lowest BCUT2D eigenvalue weighted by atomic mass is 10.0. The maximum absolute atomic E-state index is 11.0. The quantitative estimate of drug-likeness (QED) is 0.243.